The Kier molecular flexibility index (Phi) is 6.97. The number of nitrogens with zero attached hydrogens (tertiary/aromatic N) is 4. The van der Waals surface area contributed by atoms with Crippen LogP contribution in [-0.2, 0) is 12.4 Å². The molecule has 0 aliphatic heterocycles. The maximum absolute atomic E-state index is 5.91. The number of ether oxygens (including phenoxy) is 2. The first-order chi connectivity index (χ1) is 15.3. The minimum Gasteiger partial charge on any atom is -0.493 e. The highest BCUT2D eigenvalue weighted by molar-refractivity contribution is 7.98. The zero-order valence-corrected chi connectivity index (χ0v) is 17.9. The van der Waals surface area contributed by atoms with Crippen molar-refractivity contribution in [1.29, 1.82) is 0 Å². The van der Waals surface area contributed by atoms with Crippen LogP contribution in [0.2, 0.25) is 0 Å². The first-order valence-corrected chi connectivity index (χ1v) is 10.8. The van der Waals surface area contributed by atoms with E-state index >= 15 is 0 Å². The lowest BCUT2D eigenvalue weighted by Crippen LogP contribution is -1.98. The highest BCUT2D eigenvalue weighted by Gasteiger charge is 2.07. The zero-order chi connectivity index (χ0) is 21.3. The number of thioether (sulfide) groups is 1. The van der Waals surface area contributed by atoms with Crippen molar-refractivity contribution in [1.82, 2.24) is 14.9 Å². The van der Waals surface area contributed by atoms with E-state index in [1.807, 2.05) is 66.7 Å². The lowest BCUT2D eigenvalue weighted by Gasteiger charge is -2.11. The third-order valence-corrected chi connectivity index (χ3v) is 5.47. The lowest BCUT2D eigenvalue weighted by molar-refractivity contribution is 0.284. The van der Waals surface area contributed by atoms with E-state index in [0.29, 0.717) is 18.1 Å². The van der Waals surface area contributed by atoms with E-state index in [1.165, 1.54) is 5.56 Å². The Bertz CT molecular complexity index is 1130. The summed E-state index contributed by atoms with van der Waals surface area (Å²) in [6.45, 7) is 0.480. The predicted octanol–water partition coefficient (Wildman–Crippen LogP) is 5.04. The van der Waals surface area contributed by atoms with E-state index in [4.69, 9.17) is 9.47 Å². The van der Waals surface area contributed by atoms with Gasteiger partial charge in [-0.25, -0.2) is 0 Å². The minimum absolute atomic E-state index is 0.480. The first kappa shape index (κ1) is 20.7. The highest BCUT2D eigenvalue weighted by atomic mass is 32.2. The van der Waals surface area contributed by atoms with E-state index < -0.39 is 0 Å². The average Bonchev–Trinajstić information content (AvgIpc) is 3.29. The van der Waals surface area contributed by atoms with Crippen molar-refractivity contribution in [2.75, 3.05) is 7.11 Å². The van der Waals surface area contributed by atoms with Crippen LogP contribution < -0.4 is 9.47 Å². The Labute approximate surface area is 185 Å². The van der Waals surface area contributed by atoms with Gasteiger partial charge in [-0.15, -0.1) is 10.2 Å². The third-order valence-electron chi connectivity index (χ3n) is 4.47. The smallest absolute Gasteiger partial charge is 0.212 e. The molecule has 0 atom stereocenters. The van der Waals surface area contributed by atoms with Crippen molar-refractivity contribution in [3.05, 3.63) is 102 Å². The minimum atomic E-state index is 0.480. The second-order valence-electron chi connectivity index (χ2n) is 6.66. The van der Waals surface area contributed by atoms with Gasteiger partial charge in [-0.2, -0.15) is 9.78 Å². The maximum Gasteiger partial charge on any atom is 0.212 e. The molecule has 0 aliphatic rings. The standard InChI is InChI=1S/C24H22N4O2S/c1-29-23-14-21(12-13-22(23)30-16-19-8-4-2-5-9-19)15-26-28-18-25-27-24(28)31-17-20-10-6-3-7-11-20/h2-15,18H,16-17H2,1H3/b26-15+. The largest absolute Gasteiger partial charge is 0.493 e. The van der Waals surface area contributed by atoms with E-state index in [1.54, 1.807) is 36.1 Å². The van der Waals surface area contributed by atoms with Gasteiger partial charge in [0.1, 0.15) is 12.9 Å². The monoisotopic (exact) mass is 430 g/mol. The lowest BCUT2D eigenvalue weighted by atomic mass is 10.2. The fourth-order valence-electron chi connectivity index (χ4n) is 2.86. The molecule has 1 heterocycles. The van der Waals surface area contributed by atoms with Gasteiger partial charge in [-0.05, 0) is 34.9 Å². The van der Waals surface area contributed by atoms with Crippen LogP contribution in [0.1, 0.15) is 16.7 Å². The summed E-state index contributed by atoms with van der Waals surface area (Å²) in [7, 11) is 1.63. The molecule has 0 N–H and O–H groups in total. The molecule has 0 saturated heterocycles. The zero-order valence-electron chi connectivity index (χ0n) is 17.1. The fraction of sp³-hybridized carbons (Fsp3) is 0.125. The Balaban J connectivity index is 1.41. The van der Waals surface area contributed by atoms with Gasteiger partial charge in [-0.3, -0.25) is 0 Å². The first-order valence-electron chi connectivity index (χ1n) is 9.77. The second-order valence-corrected chi connectivity index (χ2v) is 7.60. The van der Waals surface area contributed by atoms with E-state index in [-0.39, 0.29) is 0 Å². The molecule has 0 amide bonds. The Morgan fingerprint density at radius 1 is 0.935 bits per heavy atom. The molecule has 0 saturated carbocycles. The summed E-state index contributed by atoms with van der Waals surface area (Å²) >= 11 is 1.59. The third kappa shape index (κ3) is 5.73. The van der Waals surface area contributed by atoms with Crippen molar-refractivity contribution in [3.63, 3.8) is 0 Å². The van der Waals surface area contributed by atoms with Gasteiger partial charge in [0.25, 0.3) is 0 Å². The van der Waals surface area contributed by atoms with E-state index in [2.05, 4.69) is 27.4 Å². The Morgan fingerprint density at radius 2 is 1.68 bits per heavy atom. The molecule has 0 unspecified atom stereocenters. The Hall–Kier alpha value is -3.58. The molecule has 3 aromatic carbocycles. The van der Waals surface area contributed by atoms with Gasteiger partial charge in [0.15, 0.2) is 11.5 Å². The van der Waals surface area contributed by atoms with E-state index in [9.17, 15) is 0 Å². The molecule has 7 heteroatoms. The SMILES string of the molecule is COc1cc(/C=N/n2cnnc2SCc2ccccc2)ccc1OCc1ccccc1. The number of rotatable bonds is 9. The Morgan fingerprint density at radius 3 is 2.42 bits per heavy atom. The quantitative estimate of drug-likeness (QED) is 0.275. The summed E-state index contributed by atoms with van der Waals surface area (Å²) in [5, 5.41) is 13.4. The molecular formula is C24H22N4O2S. The van der Waals surface area contributed by atoms with Crippen LogP contribution in [-0.4, -0.2) is 28.2 Å². The summed E-state index contributed by atoms with van der Waals surface area (Å²) in [6, 6.07) is 26.0. The summed E-state index contributed by atoms with van der Waals surface area (Å²) < 4.78 is 13.1. The fourth-order valence-corrected chi connectivity index (χ4v) is 3.68. The van der Waals surface area contributed by atoms with E-state index in [0.717, 1.165) is 22.0 Å². The van der Waals surface area contributed by atoms with Crippen LogP contribution in [0.4, 0.5) is 0 Å². The molecule has 156 valence electrons. The summed E-state index contributed by atoms with van der Waals surface area (Å²) in [4.78, 5) is 0. The van der Waals surface area contributed by atoms with Crippen molar-refractivity contribution < 1.29 is 9.47 Å². The molecule has 31 heavy (non-hydrogen) atoms. The predicted molar refractivity (Wildman–Crippen MR) is 123 cm³/mol. The molecule has 4 aromatic rings. The molecule has 1 aromatic heterocycles. The number of hydrogen-bond donors (Lipinski definition) is 0. The summed E-state index contributed by atoms with van der Waals surface area (Å²) in [6.07, 6.45) is 3.35. The maximum atomic E-state index is 5.91. The molecule has 0 aliphatic carbocycles. The van der Waals surface area contributed by atoms with Crippen LogP contribution in [0.15, 0.2) is 95.4 Å². The molecule has 0 fully saturated rings. The molecule has 0 spiro atoms. The molecule has 0 radical (unpaired) electrons. The van der Waals surface area contributed by atoms with Crippen molar-refractivity contribution in [2.45, 2.75) is 17.5 Å². The van der Waals surface area contributed by atoms with Crippen LogP contribution >= 0.6 is 11.8 Å². The number of aromatic nitrogens is 3. The molecular weight excluding hydrogens is 408 g/mol. The van der Waals surface area contributed by atoms with Crippen LogP contribution in [0.25, 0.3) is 0 Å². The van der Waals surface area contributed by atoms with Gasteiger partial charge in [0.2, 0.25) is 5.16 Å². The van der Waals surface area contributed by atoms with Crippen LogP contribution in [0.3, 0.4) is 0 Å². The highest BCUT2D eigenvalue weighted by Crippen LogP contribution is 2.28. The molecule has 0 bridgehead atoms. The summed E-state index contributed by atoms with van der Waals surface area (Å²) in [5.41, 5.74) is 3.21. The van der Waals surface area contributed by atoms with Crippen molar-refractivity contribution in [2.24, 2.45) is 5.10 Å². The second kappa shape index (κ2) is 10.4. The molecule has 4 rings (SSSR count). The van der Waals surface area contributed by atoms with Gasteiger partial charge in [0.05, 0.1) is 13.3 Å². The van der Waals surface area contributed by atoms with Gasteiger partial charge < -0.3 is 9.47 Å². The topological polar surface area (TPSA) is 61.5 Å². The molecule has 6 nitrogen and oxygen atoms in total. The average molecular weight is 431 g/mol. The van der Waals surface area contributed by atoms with Crippen molar-refractivity contribution in [3.8, 4) is 11.5 Å². The normalized spacial score (nSPS) is 11.0. The van der Waals surface area contributed by atoms with Gasteiger partial charge in [-0.1, -0.05) is 72.4 Å². The van der Waals surface area contributed by atoms with Gasteiger partial charge >= 0.3 is 0 Å². The van der Waals surface area contributed by atoms with Gasteiger partial charge in [0, 0.05) is 5.75 Å². The summed E-state index contributed by atoms with van der Waals surface area (Å²) in [5.74, 6) is 2.14. The van der Waals surface area contributed by atoms with Crippen LogP contribution in [0, 0.1) is 0 Å². The van der Waals surface area contributed by atoms with Crippen molar-refractivity contribution >= 4 is 18.0 Å². The number of benzene rings is 3. The van der Waals surface area contributed by atoms with Crippen LogP contribution in [0.5, 0.6) is 11.5 Å². The number of methoxy groups -OCH3 is 1. The number of hydrogen-bond acceptors (Lipinski definition) is 6.